The second-order valence-electron chi connectivity index (χ2n) is 12.8. The summed E-state index contributed by atoms with van der Waals surface area (Å²) in [5, 5.41) is 7.91. The van der Waals surface area contributed by atoms with Crippen LogP contribution in [-0.2, 0) is 0 Å². The van der Waals surface area contributed by atoms with Crippen LogP contribution in [0.25, 0.3) is 99.2 Å². The van der Waals surface area contributed by atoms with E-state index in [1.54, 1.807) is 0 Å². The molecule has 0 radical (unpaired) electrons. The van der Waals surface area contributed by atoms with Gasteiger partial charge in [0.1, 0.15) is 0 Å². The molecule has 0 aliphatic rings. The first-order valence-electron chi connectivity index (χ1n) is 17.0. The van der Waals surface area contributed by atoms with Gasteiger partial charge in [-0.1, -0.05) is 164 Å². The Hall–Kier alpha value is -6.71. The van der Waals surface area contributed by atoms with Crippen LogP contribution >= 0.6 is 0 Å². The predicted molar refractivity (Wildman–Crippen MR) is 209 cm³/mol. The summed E-state index contributed by atoms with van der Waals surface area (Å²) in [5.74, 6) is 0. The third kappa shape index (κ3) is 4.56. The molecule has 0 fully saturated rings. The molecule has 7 aromatic carbocycles. The molecule has 0 spiro atoms. The maximum Gasteiger partial charge on any atom is 0.0972 e. The summed E-state index contributed by atoms with van der Waals surface area (Å²) < 4.78 is 0. The van der Waals surface area contributed by atoms with Gasteiger partial charge in [-0.05, 0) is 34.0 Å². The lowest BCUT2D eigenvalue weighted by Gasteiger charge is -2.17. The monoisotopic (exact) mass is 635 g/mol. The highest BCUT2D eigenvalue weighted by atomic mass is 14.8. The van der Waals surface area contributed by atoms with E-state index in [4.69, 9.17) is 15.0 Å². The van der Waals surface area contributed by atoms with Crippen molar-refractivity contribution >= 4 is 54.3 Å². The Balaban J connectivity index is 1.28. The van der Waals surface area contributed by atoms with Crippen molar-refractivity contribution in [1.82, 2.24) is 15.0 Å². The molecule has 50 heavy (non-hydrogen) atoms. The van der Waals surface area contributed by atoms with E-state index in [0.717, 1.165) is 71.9 Å². The minimum atomic E-state index is 0.871. The zero-order valence-corrected chi connectivity index (χ0v) is 27.1. The van der Waals surface area contributed by atoms with Crippen molar-refractivity contribution in [2.24, 2.45) is 0 Å². The van der Waals surface area contributed by atoms with Crippen molar-refractivity contribution in [3.8, 4) is 44.9 Å². The zero-order chi connectivity index (χ0) is 33.0. The number of fused-ring (bicyclic) bond motifs is 7. The van der Waals surface area contributed by atoms with Crippen molar-refractivity contribution in [1.29, 1.82) is 0 Å². The Morgan fingerprint density at radius 3 is 1.60 bits per heavy atom. The maximum absolute atomic E-state index is 5.58. The summed E-state index contributed by atoms with van der Waals surface area (Å²) in [6.07, 6.45) is 0. The molecule has 0 aliphatic heterocycles. The maximum atomic E-state index is 5.58. The molecule has 0 unspecified atom stereocenters. The highest BCUT2D eigenvalue weighted by molar-refractivity contribution is 6.20. The van der Waals surface area contributed by atoms with Crippen LogP contribution in [0.5, 0.6) is 0 Å². The quantitative estimate of drug-likeness (QED) is 0.181. The fourth-order valence-electron chi connectivity index (χ4n) is 7.47. The molecule has 10 aromatic rings. The SMILES string of the molecule is c1ccc(-c2ccc3ccc4ccc(-c5cccc6c5nc(-c5cccc7ccccc57)c5cccc(-c7ccccc7)c56)nc4c3n2)cc1. The third-order valence-corrected chi connectivity index (χ3v) is 9.84. The first kappa shape index (κ1) is 28.3. The van der Waals surface area contributed by atoms with E-state index >= 15 is 0 Å². The summed E-state index contributed by atoms with van der Waals surface area (Å²) in [6.45, 7) is 0. The summed E-state index contributed by atoms with van der Waals surface area (Å²) in [7, 11) is 0. The smallest absolute Gasteiger partial charge is 0.0972 e. The minimum Gasteiger partial charge on any atom is -0.246 e. The van der Waals surface area contributed by atoms with Gasteiger partial charge in [-0.2, -0.15) is 0 Å². The number of hydrogen-bond acceptors (Lipinski definition) is 3. The van der Waals surface area contributed by atoms with Crippen LogP contribution in [0.1, 0.15) is 0 Å². The molecule has 0 atom stereocenters. The fourth-order valence-corrected chi connectivity index (χ4v) is 7.47. The Labute approximate surface area is 289 Å². The van der Waals surface area contributed by atoms with Crippen molar-refractivity contribution in [3.63, 3.8) is 0 Å². The Bertz CT molecular complexity index is 2910. The highest BCUT2D eigenvalue weighted by Crippen LogP contribution is 2.42. The van der Waals surface area contributed by atoms with Crippen LogP contribution in [0.4, 0.5) is 0 Å². The largest absolute Gasteiger partial charge is 0.246 e. The predicted octanol–water partition coefficient (Wildman–Crippen LogP) is 12.3. The van der Waals surface area contributed by atoms with Crippen molar-refractivity contribution < 1.29 is 0 Å². The van der Waals surface area contributed by atoms with E-state index < -0.39 is 0 Å². The molecule has 0 aliphatic carbocycles. The molecule has 0 saturated carbocycles. The summed E-state index contributed by atoms with van der Waals surface area (Å²) in [5.41, 5.74) is 11.0. The van der Waals surface area contributed by atoms with E-state index in [1.165, 1.54) is 27.3 Å². The number of aromatic nitrogens is 3. The normalized spacial score (nSPS) is 11.6. The molecule has 3 heteroatoms. The van der Waals surface area contributed by atoms with Crippen LogP contribution in [0.15, 0.2) is 176 Å². The second-order valence-corrected chi connectivity index (χ2v) is 12.8. The minimum absolute atomic E-state index is 0.871. The third-order valence-electron chi connectivity index (χ3n) is 9.84. The van der Waals surface area contributed by atoms with Gasteiger partial charge in [0.05, 0.1) is 33.6 Å². The molecule has 0 saturated heterocycles. The molecular formula is C47H29N3. The molecule has 0 amide bonds. The lowest BCUT2D eigenvalue weighted by molar-refractivity contribution is 1.36. The molecule has 0 bridgehead atoms. The van der Waals surface area contributed by atoms with Crippen molar-refractivity contribution in [2.45, 2.75) is 0 Å². The molecule has 0 N–H and O–H groups in total. The number of pyridine rings is 3. The van der Waals surface area contributed by atoms with E-state index in [-0.39, 0.29) is 0 Å². The van der Waals surface area contributed by atoms with E-state index in [1.807, 2.05) is 18.2 Å². The summed E-state index contributed by atoms with van der Waals surface area (Å²) in [4.78, 5) is 16.1. The second kappa shape index (κ2) is 11.5. The highest BCUT2D eigenvalue weighted by Gasteiger charge is 2.19. The lowest BCUT2D eigenvalue weighted by atomic mass is 9.90. The average Bonchev–Trinajstić information content (AvgIpc) is 3.20. The summed E-state index contributed by atoms with van der Waals surface area (Å²) >= 11 is 0. The van der Waals surface area contributed by atoms with Crippen molar-refractivity contribution in [2.75, 3.05) is 0 Å². The van der Waals surface area contributed by atoms with Gasteiger partial charge in [-0.3, -0.25) is 0 Å². The molecule has 10 rings (SSSR count). The average molecular weight is 636 g/mol. The van der Waals surface area contributed by atoms with Gasteiger partial charge in [0.25, 0.3) is 0 Å². The molecule has 3 aromatic heterocycles. The Kier molecular flexibility index (Phi) is 6.49. The van der Waals surface area contributed by atoms with E-state index in [0.29, 0.717) is 0 Å². The summed E-state index contributed by atoms with van der Waals surface area (Å²) in [6, 6.07) is 61.9. The van der Waals surface area contributed by atoms with Gasteiger partial charge >= 0.3 is 0 Å². The lowest BCUT2D eigenvalue weighted by Crippen LogP contribution is -1.96. The zero-order valence-electron chi connectivity index (χ0n) is 27.1. The van der Waals surface area contributed by atoms with E-state index in [2.05, 4.69) is 158 Å². The van der Waals surface area contributed by atoms with Gasteiger partial charge in [-0.25, -0.2) is 15.0 Å². The van der Waals surface area contributed by atoms with Crippen LogP contribution in [0, 0.1) is 0 Å². The van der Waals surface area contributed by atoms with Crippen LogP contribution in [0.2, 0.25) is 0 Å². The van der Waals surface area contributed by atoms with Crippen LogP contribution in [-0.4, -0.2) is 15.0 Å². The van der Waals surface area contributed by atoms with Crippen LogP contribution < -0.4 is 0 Å². The number of hydrogen-bond donors (Lipinski definition) is 0. The topological polar surface area (TPSA) is 38.7 Å². The van der Waals surface area contributed by atoms with Gasteiger partial charge in [0.2, 0.25) is 0 Å². The molecule has 232 valence electrons. The molecular weight excluding hydrogens is 607 g/mol. The first-order chi connectivity index (χ1) is 24.8. The number of nitrogens with zero attached hydrogens (tertiary/aromatic N) is 3. The first-order valence-corrected chi connectivity index (χ1v) is 17.0. The Morgan fingerprint density at radius 2 is 0.820 bits per heavy atom. The number of rotatable bonds is 4. The van der Waals surface area contributed by atoms with Crippen LogP contribution in [0.3, 0.4) is 0 Å². The molecule has 3 nitrogen and oxygen atoms in total. The standard InChI is InChI=1S/C47H29N3/c1-3-12-31(13-4-1)36-19-10-22-39-43(36)40-23-11-21-38(47(40)50-46(39)37-20-9-17-30-14-7-8-18-35(30)37)42-29-27-34-25-24-33-26-28-41(32-15-5-2-6-16-32)48-44(33)45(34)49-42/h1-29H. The number of benzene rings is 7. The van der Waals surface area contributed by atoms with Gasteiger partial charge < -0.3 is 0 Å². The van der Waals surface area contributed by atoms with Crippen molar-refractivity contribution in [3.05, 3.63) is 176 Å². The van der Waals surface area contributed by atoms with Gasteiger partial charge in [0.15, 0.2) is 0 Å². The number of para-hydroxylation sites is 1. The molecule has 3 heterocycles. The fraction of sp³-hybridized carbons (Fsp3) is 0. The van der Waals surface area contributed by atoms with Gasteiger partial charge in [0, 0.05) is 43.6 Å². The van der Waals surface area contributed by atoms with E-state index in [9.17, 15) is 0 Å². The van der Waals surface area contributed by atoms with Gasteiger partial charge in [-0.15, -0.1) is 0 Å². The Morgan fingerprint density at radius 1 is 0.280 bits per heavy atom.